The average molecular weight is 231 g/mol. The van der Waals surface area contributed by atoms with Crippen LogP contribution in [0.1, 0.15) is 18.4 Å². The molecular formula is C13H13NO3. The van der Waals surface area contributed by atoms with Crippen molar-refractivity contribution in [1.82, 2.24) is 0 Å². The van der Waals surface area contributed by atoms with Gasteiger partial charge in [0.25, 0.3) is 0 Å². The van der Waals surface area contributed by atoms with Crippen LogP contribution in [0, 0.1) is 6.92 Å². The third-order valence-electron chi connectivity index (χ3n) is 2.64. The molecule has 0 fully saturated rings. The van der Waals surface area contributed by atoms with Gasteiger partial charge < -0.3 is 10.2 Å². The molecule has 0 saturated heterocycles. The highest BCUT2D eigenvalue weighted by molar-refractivity contribution is 6.10. The first kappa shape index (κ1) is 11.4. The lowest BCUT2D eigenvalue weighted by Crippen LogP contribution is -2.13. The number of nitrogens with zero attached hydrogens (tertiary/aromatic N) is 1. The fourth-order valence-electron chi connectivity index (χ4n) is 1.70. The van der Waals surface area contributed by atoms with Gasteiger partial charge in [-0.25, -0.2) is 4.99 Å². The van der Waals surface area contributed by atoms with Crippen LogP contribution < -0.4 is 0 Å². The van der Waals surface area contributed by atoms with Gasteiger partial charge in [-0.2, -0.15) is 0 Å². The first-order valence-electron chi connectivity index (χ1n) is 5.37. The van der Waals surface area contributed by atoms with E-state index in [1.807, 2.05) is 6.92 Å². The van der Waals surface area contributed by atoms with Crippen LogP contribution in [0.25, 0.3) is 0 Å². The predicted molar refractivity (Wildman–Crippen MR) is 64.9 cm³/mol. The molecular weight excluding hydrogens is 218 g/mol. The molecule has 88 valence electrons. The van der Waals surface area contributed by atoms with Crippen molar-refractivity contribution in [1.29, 1.82) is 0 Å². The molecule has 0 atom stereocenters. The van der Waals surface area contributed by atoms with Gasteiger partial charge in [-0.1, -0.05) is 0 Å². The first-order chi connectivity index (χ1) is 8.06. The molecule has 0 aliphatic heterocycles. The number of carbonyl (C=O) groups excluding carboxylic acids is 1. The van der Waals surface area contributed by atoms with Crippen LogP contribution in [0.3, 0.4) is 0 Å². The van der Waals surface area contributed by atoms with E-state index >= 15 is 0 Å². The van der Waals surface area contributed by atoms with E-state index in [0.29, 0.717) is 24.2 Å². The van der Waals surface area contributed by atoms with Gasteiger partial charge in [-0.05, 0) is 30.7 Å². The van der Waals surface area contributed by atoms with Crippen molar-refractivity contribution in [2.75, 3.05) is 0 Å². The highest BCUT2D eigenvalue weighted by atomic mass is 16.3. The van der Waals surface area contributed by atoms with Crippen molar-refractivity contribution >= 4 is 17.2 Å². The number of hydrogen-bond acceptors (Lipinski definition) is 4. The minimum Gasteiger partial charge on any atom is -0.508 e. The molecule has 0 spiro atoms. The second kappa shape index (κ2) is 4.41. The summed E-state index contributed by atoms with van der Waals surface area (Å²) in [5.74, 6) is 0.0441. The van der Waals surface area contributed by atoms with Crippen LogP contribution in [0.4, 0.5) is 5.69 Å². The summed E-state index contributed by atoms with van der Waals surface area (Å²) in [7, 11) is 0. The van der Waals surface area contributed by atoms with E-state index in [0.717, 1.165) is 5.56 Å². The molecule has 0 aromatic heterocycles. The number of ketones is 1. The number of aryl methyl sites for hydroxylation is 1. The molecule has 1 aromatic carbocycles. The molecule has 1 aliphatic rings. The fourth-order valence-corrected chi connectivity index (χ4v) is 1.70. The van der Waals surface area contributed by atoms with Crippen LogP contribution in [0.15, 0.2) is 35.0 Å². The van der Waals surface area contributed by atoms with Gasteiger partial charge in [0.1, 0.15) is 11.5 Å². The highest BCUT2D eigenvalue weighted by Gasteiger charge is 2.16. The molecule has 0 heterocycles. The molecule has 1 aliphatic carbocycles. The Morgan fingerprint density at radius 3 is 2.65 bits per heavy atom. The van der Waals surface area contributed by atoms with Gasteiger partial charge in [-0.3, -0.25) is 4.79 Å². The minimum atomic E-state index is -0.0797. The van der Waals surface area contributed by atoms with Crippen molar-refractivity contribution in [3.63, 3.8) is 0 Å². The number of rotatable bonds is 1. The summed E-state index contributed by atoms with van der Waals surface area (Å²) in [6, 6.07) is 4.83. The Morgan fingerprint density at radius 1 is 1.24 bits per heavy atom. The highest BCUT2D eigenvalue weighted by Crippen LogP contribution is 2.25. The number of aliphatic hydroxyl groups is 1. The van der Waals surface area contributed by atoms with Crippen LogP contribution in [-0.4, -0.2) is 21.7 Å². The standard InChI is InChI=1S/C13H13NO3/c1-8-6-9(15)2-4-11(8)14-12-5-3-10(16)7-13(12)17/h2,4,6-7,15,17H,3,5H2,1H3. The summed E-state index contributed by atoms with van der Waals surface area (Å²) in [6.07, 6.45) is 2.03. The van der Waals surface area contributed by atoms with E-state index in [1.54, 1.807) is 18.2 Å². The monoisotopic (exact) mass is 231 g/mol. The van der Waals surface area contributed by atoms with Gasteiger partial charge in [0.15, 0.2) is 5.78 Å². The van der Waals surface area contributed by atoms with Crippen LogP contribution in [-0.2, 0) is 4.79 Å². The van der Waals surface area contributed by atoms with Gasteiger partial charge in [0.05, 0.1) is 11.4 Å². The Morgan fingerprint density at radius 2 is 2.00 bits per heavy atom. The third-order valence-corrected chi connectivity index (χ3v) is 2.64. The zero-order valence-electron chi connectivity index (χ0n) is 9.47. The number of phenolic OH excluding ortho intramolecular Hbond substituents is 1. The van der Waals surface area contributed by atoms with E-state index in [-0.39, 0.29) is 17.3 Å². The van der Waals surface area contributed by atoms with Crippen molar-refractivity contribution in [3.8, 4) is 5.75 Å². The second-order valence-corrected chi connectivity index (χ2v) is 4.03. The molecule has 0 saturated carbocycles. The molecule has 0 bridgehead atoms. The Hall–Kier alpha value is -2.10. The topological polar surface area (TPSA) is 69.9 Å². The molecule has 0 unspecified atom stereocenters. The maximum absolute atomic E-state index is 11.1. The molecule has 1 aromatic rings. The summed E-state index contributed by atoms with van der Waals surface area (Å²) in [5, 5.41) is 18.9. The molecule has 2 N–H and O–H groups in total. The summed E-state index contributed by atoms with van der Waals surface area (Å²) >= 11 is 0. The SMILES string of the molecule is Cc1cc(O)ccc1N=C1CCC(=O)C=C1O. The largest absolute Gasteiger partial charge is 0.508 e. The Kier molecular flexibility index (Phi) is 2.95. The van der Waals surface area contributed by atoms with Gasteiger partial charge in [0.2, 0.25) is 0 Å². The minimum absolute atomic E-state index is 0.0614. The van der Waals surface area contributed by atoms with E-state index in [4.69, 9.17) is 0 Å². The van der Waals surface area contributed by atoms with E-state index in [9.17, 15) is 15.0 Å². The maximum Gasteiger partial charge on any atom is 0.159 e. The Balaban J connectivity index is 2.36. The molecule has 0 radical (unpaired) electrons. The van der Waals surface area contributed by atoms with Crippen LogP contribution in [0.2, 0.25) is 0 Å². The average Bonchev–Trinajstić information content (AvgIpc) is 2.25. The lowest BCUT2D eigenvalue weighted by Gasteiger charge is -2.10. The number of phenols is 1. The lowest BCUT2D eigenvalue weighted by atomic mass is 10.0. The molecule has 2 rings (SSSR count). The zero-order valence-corrected chi connectivity index (χ0v) is 9.47. The molecule has 0 amide bonds. The number of benzene rings is 1. The van der Waals surface area contributed by atoms with E-state index in [2.05, 4.69) is 4.99 Å². The number of aliphatic imine (C=N–C) groups is 1. The van der Waals surface area contributed by atoms with Gasteiger partial charge in [0, 0.05) is 18.9 Å². The van der Waals surface area contributed by atoms with Crippen molar-refractivity contribution in [2.24, 2.45) is 4.99 Å². The maximum atomic E-state index is 11.1. The lowest BCUT2D eigenvalue weighted by molar-refractivity contribution is -0.114. The predicted octanol–water partition coefficient (Wildman–Crippen LogP) is 2.58. The van der Waals surface area contributed by atoms with Crippen LogP contribution >= 0.6 is 0 Å². The molecule has 17 heavy (non-hydrogen) atoms. The Labute approximate surface area is 98.9 Å². The van der Waals surface area contributed by atoms with Crippen molar-refractivity contribution in [3.05, 3.63) is 35.6 Å². The Bertz CT molecular complexity index is 529. The summed E-state index contributed by atoms with van der Waals surface area (Å²) in [6.45, 7) is 1.83. The number of aliphatic hydroxyl groups excluding tert-OH is 1. The zero-order chi connectivity index (χ0) is 12.4. The smallest absolute Gasteiger partial charge is 0.159 e. The number of hydrogen-bond donors (Lipinski definition) is 2. The normalized spacial score (nSPS) is 18.3. The van der Waals surface area contributed by atoms with Crippen molar-refractivity contribution in [2.45, 2.75) is 19.8 Å². The number of carbonyl (C=O) groups is 1. The van der Waals surface area contributed by atoms with Gasteiger partial charge >= 0.3 is 0 Å². The summed E-state index contributed by atoms with van der Waals surface area (Å²) < 4.78 is 0. The second-order valence-electron chi connectivity index (χ2n) is 4.03. The van der Waals surface area contributed by atoms with Gasteiger partial charge in [-0.15, -0.1) is 0 Å². The third kappa shape index (κ3) is 2.53. The van der Waals surface area contributed by atoms with E-state index < -0.39 is 0 Å². The fraction of sp³-hybridized carbons (Fsp3) is 0.231. The van der Waals surface area contributed by atoms with Crippen molar-refractivity contribution < 1.29 is 15.0 Å². The number of allylic oxidation sites excluding steroid dienone is 2. The summed E-state index contributed by atoms with van der Waals surface area (Å²) in [4.78, 5) is 15.4. The first-order valence-corrected chi connectivity index (χ1v) is 5.37. The molecule has 4 heteroatoms. The quantitative estimate of drug-likeness (QED) is 0.780. The number of aromatic hydroxyl groups is 1. The van der Waals surface area contributed by atoms with E-state index in [1.165, 1.54) is 6.08 Å². The summed E-state index contributed by atoms with van der Waals surface area (Å²) in [5.41, 5.74) is 2.02. The molecule has 4 nitrogen and oxygen atoms in total. The van der Waals surface area contributed by atoms with Crippen LogP contribution in [0.5, 0.6) is 5.75 Å².